The van der Waals surface area contributed by atoms with Gasteiger partial charge in [0.2, 0.25) is 0 Å². The van der Waals surface area contributed by atoms with E-state index in [1.807, 2.05) is 36.4 Å². The molecule has 0 spiro atoms. The lowest BCUT2D eigenvalue weighted by molar-refractivity contribution is 0.00578. The highest BCUT2D eigenvalue weighted by atomic mass is 16.7. The third-order valence-corrected chi connectivity index (χ3v) is 9.68. The van der Waals surface area contributed by atoms with Gasteiger partial charge < -0.3 is 9.31 Å². The van der Waals surface area contributed by atoms with Gasteiger partial charge in [-0.3, -0.25) is 0 Å². The Morgan fingerprint density at radius 1 is 0.447 bits per heavy atom. The van der Waals surface area contributed by atoms with Gasteiger partial charge in [0.05, 0.1) is 22.6 Å². The van der Waals surface area contributed by atoms with Crippen LogP contribution in [0.3, 0.4) is 0 Å². The molecule has 1 saturated heterocycles. The lowest BCUT2D eigenvalue weighted by Crippen LogP contribution is -2.41. The maximum atomic E-state index is 6.57. The largest absolute Gasteiger partial charge is 0.494 e. The summed E-state index contributed by atoms with van der Waals surface area (Å²) in [5.74, 6) is 0.650. The summed E-state index contributed by atoms with van der Waals surface area (Å²) in [6.07, 6.45) is 0. The van der Waals surface area contributed by atoms with Crippen LogP contribution in [-0.2, 0) is 9.31 Å². The third kappa shape index (κ3) is 5.42. The number of benzene rings is 6. The van der Waals surface area contributed by atoms with Gasteiger partial charge in [0, 0.05) is 16.7 Å². The van der Waals surface area contributed by atoms with Gasteiger partial charge in [-0.2, -0.15) is 0 Å². The minimum absolute atomic E-state index is 0.470. The average molecular weight is 611 g/mol. The molecule has 0 aliphatic carbocycles. The van der Waals surface area contributed by atoms with Crippen LogP contribution in [0.2, 0.25) is 0 Å². The predicted molar refractivity (Wildman–Crippen MR) is 195 cm³/mol. The molecule has 2 heterocycles. The molecule has 5 heteroatoms. The molecule has 1 aromatic heterocycles. The SMILES string of the molecule is CC1(C)OB(c2cc(-c3ccc4c(ccc5ccccc54)c3)cc(-c3nc(-c4ccccc4)cc(-c4ccccc4)n3)c2)OC1(C)C. The molecule has 7 aromatic rings. The Hall–Kier alpha value is -5.10. The number of aromatic nitrogens is 2. The summed E-state index contributed by atoms with van der Waals surface area (Å²) < 4.78 is 13.1. The summed E-state index contributed by atoms with van der Waals surface area (Å²) in [6.45, 7) is 8.35. The molecule has 1 fully saturated rings. The van der Waals surface area contributed by atoms with Gasteiger partial charge in [-0.05, 0) is 84.0 Å². The lowest BCUT2D eigenvalue weighted by Gasteiger charge is -2.32. The first-order valence-corrected chi connectivity index (χ1v) is 16.2. The second-order valence-corrected chi connectivity index (χ2v) is 13.3. The van der Waals surface area contributed by atoms with Crippen LogP contribution in [0, 0.1) is 0 Å². The van der Waals surface area contributed by atoms with Crippen molar-refractivity contribution in [1.29, 1.82) is 0 Å². The molecule has 47 heavy (non-hydrogen) atoms. The van der Waals surface area contributed by atoms with E-state index in [4.69, 9.17) is 19.3 Å². The van der Waals surface area contributed by atoms with Crippen molar-refractivity contribution in [3.05, 3.63) is 140 Å². The van der Waals surface area contributed by atoms with Gasteiger partial charge >= 0.3 is 7.12 Å². The molecule has 6 aromatic carbocycles. The number of nitrogens with zero attached hydrogens (tertiary/aromatic N) is 2. The Morgan fingerprint density at radius 2 is 1.00 bits per heavy atom. The first-order chi connectivity index (χ1) is 22.7. The summed E-state index contributed by atoms with van der Waals surface area (Å²) in [5.41, 5.74) is 6.88. The molecule has 1 aliphatic heterocycles. The van der Waals surface area contributed by atoms with E-state index >= 15 is 0 Å². The van der Waals surface area contributed by atoms with Crippen LogP contribution in [0.25, 0.3) is 66.6 Å². The maximum Gasteiger partial charge on any atom is 0.494 e. The fourth-order valence-electron chi connectivity index (χ4n) is 6.35. The summed E-state index contributed by atoms with van der Waals surface area (Å²) in [7, 11) is -0.533. The molecule has 8 rings (SSSR count). The molecule has 228 valence electrons. The third-order valence-electron chi connectivity index (χ3n) is 9.68. The summed E-state index contributed by atoms with van der Waals surface area (Å²) >= 11 is 0. The molecule has 0 N–H and O–H groups in total. The second kappa shape index (κ2) is 11.3. The van der Waals surface area contributed by atoms with Crippen LogP contribution in [0.4, 0.5) is 0 Å². The van der Waals surface area contributed by atoms with Gasteiger partial charge in [-0.1, -0.05) is 121 Å². The normalized spacial score (nSPS) is 15.4. The van der Waals surface area contributed by atoms with Gasteiger partial charge in [0.15, 0.2) is 5.82 Å². The van der Waals surface area contributed by atoms with E-state index < -0.39 is 18.3 Å². The van der Waals surface area contributed by atoms with Crippen LogP contribution < -0.4 is 5.46 Å². The molecule has 0 bridgehead atoms. The molecule has 1 aliphatic rings. The van der Waals surface area contributed by atoms with Crippen molar-refractivity contribution < 1.29 is 9.31 Å². The Kier molecular flexibility index (Phi) is 7.05. The highest BCUT2D eigenvalue weighted by molar-refractivity contribution is 6.62. The lowest BCUT2D eigenvalue weighted by atomic mass is 9.76. The first kappa shape index (κ1) is 29.3. The van der Waals surface area contributed by atoms with Crippen molar-refractivity contribution in [2.45, 2.75) is 38.9 Å². The zero-order valence-electron chi connectivity index (χ0n) is 27.1. The zero-order chi connectivity index (χ0) is 32.2. The van der Waals surface area contributed by atoms with E-state index in [-0.39, 0.29) is 0 Å². The van der Waals surface area contributed by atoms with Crippen LogP contribution in [0.15, 0.2) is 140 Å². The summed E-state index contributed by atoms with van der Waals surface area (Å²) in [6, 6.07) is 48.8. The molecular weight excluding hydrogens is 575 g/mol. The van der Waals surface area contributed by atoms with Crippen molar-refractivity contribution in [2.24, 2.45) is 0 Å². The Bertz CT molecular complexity index is 2190. The monoisotopic (exact) mass is 610 g/mol. The van der Waals surface area contributed by atoms with Gasteiger partial charge in [-0.15, -0.1) is 0 Å². The van der Waals surface area contributed by atoms with E-state index in [9.17, 15) is 0 Å². The van der Waals surface area contributed by atoms with Crippen molar-refractivity contribution in [1.82, 2.24) is 9.97 Å². The standard InChI is InChI=1S/C42H35BN2O2/c1-41(2)42(3,4)47-43(46-41)35-25-33(31-21-22-37-32(23-31)20-19-28-13-11-12-18-36(28)37)24-34(26-35)40-44-38(29-14-7-5-8-15-29)27-39(45-40)30-16-9-6-10-17-30/h5-27H,1-4H3. The Morgan fingerprint density at radius 3 is 1.66 bits per heavy atom. The van der Waals surface area contributed by atoms with Crippen LogP contribution in [-0.4, -0.2) is 28.3 Å². The zero-order valence-corrected chi connectivity index (χ0v) is 27.1. The van der Waals surface area contributed by atoms with E-state index in [0.29, 0.717) is 5.82 Å². The van der Waals surface area contributed by atoms with E-state index in [2.05, 4.69) is 131 Å². The van der Waals surface area contributed by atoms with Crippen molar-refractivity contribution in [3.63, 3.8) is 0 Å². The Balaban J connectivity index is 1.32. The highest BCUT2D eigenvalue weighted by Gasteiger charge is 2.51. The number of rotatable bonds is 5. The fourth-order valence-corrected chi connectivity index (χ4v) is 6.35. The van der Waals surface area contributed by atoms with Gasteiger partial charge in [0.1, 0.15) is 0 Å². The van der Waals surface area contributed by atoms with Gasteiger partial charge in [-0.25, -0.2) is 9.97 Å². The molecule has 0 radical (unpaired) electrons. The molecule has 4 nitrogen and oxygen atoms in total. The Labute approximate surface area is 276 Å². The molecule has 0 atom stereocenters. The van der Waals surface area contributed by atoms with Crippen LogP contribution >= 0.6 is 0 Å². The fraction of sp³-hybridized carbons (Fsp3) is 0.143. The predicted octanol–water partition coefficient (Wildman–Crippen LogP) is 9.75. The summed E-state index contributed by atoms with van der Waals surface area (Å²) in [5, 5.41) is 4.92. The van der Waals surface area contributed by atoms with Crippen molar-refractivity contribution in [2.75, 3.05) is 0 Å². The number of hydrogen-bond acceptors (Lipinski definition) is 4. The summed E-state index contributed by atoms with van der Waals surface area (Å²) in [4.78, 5) is 10.3. The van der Waals surface area contributed by atoms with Gasteiger partial charge in [0.25, 0.3) is 0 Å². The number of hydrogen-bond donors (Lipinski definition) is 0. The van der Waals surface area contributed by atoms with Crippen LogP contribution in [0.5, 0.6) is 0 Å². The molecule has 0 amide bonds. The quantitative estimate of drug-likeness (QED) is 0.144. The molecule has 0 unspecified atom stereocenters. The minimum atomic E-state index is -0.533. The first-order valence-electron chi connectivity index (χ1n) is 16.2. The van der Waals surface area contributed by atoms with Crippen molar-refractivity contribution in [3.8, 4) is 45.0 Å². The molecular formula is C42H35BN2O2. The second-order valence-electron chi connectivity index (χ2n) is 13.3. The maximum absolute atomic E-state index is 6.57. The van der Waals surface area contributed by atoms with E-state index in [1.54, 1.807) is 0 Å². The molecule has 0 saturated carbocycles. The van der Waals surface area contributed by atoms with E-state index in [1.165, 1.54) is 21.5 Å². The van der Waals surface area contributed by atoms with E-state index in [0.717, 1.165) is 44.7 Å². The smallest absolute Gasteiger partial charge is 0.399 e. The topological polar surface area (TPSA) is 44.2 Å². The highest BCUT2D eigenvalue weighted by Crippen LogP contribution is 2.38. The minimum Gasteiger partial charge on any atom is -0.399 e. The van der Waals surface area contributed by atoms with Crippen LogP contribution in [0.1, 0.15) is 27.7 Å². The average Bonchev–Trinajstić information content (AvgIpc) is 3.34. The van der Waals surface area contributed by atoms with Crippen molar-refractivity contribution >= 4 is 34.1 Å². The number of fused-ring (bicyclic) bond motifs is 3.